The minimum Gasteiger partial charge on any atom is -0.377 e. The van der Waals surface area contributed by atoms with E-state index in [-0.39, 0.29) is 5.78 Å². The quantitative estimate of drug-likeness (QED) is 0.565. The number of allylic oxidation sites excluding steroid dienone is 1. The number of aryl methyl sites for hydroxylation is 1. The Morgan fingerprint density at radius 3 is 2.60 bits per heavy atom. The van der Waals surface area contributed by atoms with Crippen molar-refractivity contribution >= 4 is 11.9 Å². The number of aromatic nitrogens is 2. The van der Waals surface area contributed by atoms with Crippen molar-refractivity contribution in [1.29, 1.82) is 0 Å². The van der Waals surface area contributed by atoms with Gasteiger partial charge in [-0.2, -0.15) is 0 Å². The van der Waals surface area contributed by atoms with E-state index in [2.05, 4.69) is 22.1 Å². The van der Waals surface area contributed by atoms with Gasteiger partial charge in [0.05, 0.1) is 6.61 Å². The van der Waals surface area contributed by atoms with Gasteiger partial charge in [-0.3, -0.25) is 4.79 Å². The summed E-state index contributed by atoms with van der Waals surface area (Å²) in [5.74, 6) is 1.02. The monoisotopic (exact) mass is 338 g/mol. The predicted molar refractivity (Wildman–Crippen MR) is 100.0 cm³/mol. The van der Waals surface area contributed by atoms with E-state index in [1.165, 1.54) is 5.56 Å². The SMILES string of the molecule is Cc1ncc(/C=C/CC(=O)CCCCCOCc2ccccc2)cn1. The average molecular weight is 338 g/mol. The van der Waals surface area contributed by atoms with Crippen molar-refractivity contribution < 1.29 is 9.53 Å². The number of ketones is 1. The van der Waals surface area contributed by atoms with Crippen LogP contribution in [0.4, 0.5) is 0 Å². The molecule has 0 atom stereocenters. The maximum Gasteiger partial charge on any atom is 0.136 e. The summed E-state index contributed by atoms with van der Waals surface area (Å²) in [6.45, 7) is 3.26. The molecule has 2 aromatic rings. The third-order valence-electron chi connectivity index (χ3n) is 3.81. The molecule has 132 valence electrons. The van der Waals surface area contributed by atoms with Crippen molar-refractivity contribution in [2.24, 2.45) is 0 Å². The second-order valence-electron chi connectivity index (χ2n) is 6.06. The number of rotatable bonds is 11. The van der Waals surface area contributed by atoms with E-state index in [4.69, 9.17) is 4.74 Å². The Morgan fingerprint density at radius 2 is 1.84 bits per heavy atom. The first-order chi connectivity index (χ1) is 12.2. The molecule has 1 heterocycles. The molecule has 0 fully saturated rings. The number of ether oxygens (including phenoxy) is 1. The van der Waals surface area contributed by atoms with E-state index in [1.54, 1.807) is 12.4 Å². The maximum atomic E-state index is 11.8. The lowest BCUT2D eigenvalue weighted by atomic mass is 10.1. The predicted octanol–water partition coefficient (Wildman–Crippen LogP) is 4.53. The van der Waals surface area contributed by atoms with E-state index in [0.29, 0.717) is 19.4 Å². The maximum absolute atomic E-state index is 11.8. The summed E-state index contributed by atoms with van der Waals surface area (Å²) in [6, 6.07) is 10.2. The Morgan fingerprint density at radius 1 is 1.08 bits per heavy atom. The third kappa shape index (κ3) is 8.36. The van der Waals surface area contributed by atoms with Crippen LogP contribution in [0.1, 0.15) is 49.1 Å². The van der Waals surface area contributed by atoms with E-state index >= 15 is 0 Å². The molecule has 0 saturated heterocycles. The van der Waals surface area contributed by atoms with E-state index < -0.39 is 0 Å². The zero-order valence-electron chi connectivity index (χ0n) is 14.9. The van der Waals surface area contributed by atoms with Crippen molar-refractivity contribution in [2.75, 3.05) is 6.61 Å². The molecule has 0 bridgehead atoms. The van der Waals surface area contributed by atoms with Gasteiger partial charge in [0, 0.05) is 37.4 Å². The molecule has 0 aliphatic carbocycles. The Labute approximate surface area is 150 Å². The van der Waals surface area contributed by atoms with Gasteiger partial charge in [0.15, 0.2) is 0 Å². The van der Waals surface area contributed by atoms with Crippen LogP contribution in [-0.2, 0) is 16.1 Å². The van der Waals surface area contributed by atoms with Crippen LogP contribution < -0.4 is 0 Å². The van der Waals surface area contributed by atoms with Crippen LogP contribution >= 0.6 is 0 Å². The fourth-order valence-electron chi connectivity index (χ4n) is 2.38. The molecule has 4 nitrogen and oxygen atoms in total. The highest BCUT2D eigenvalue weighted by Gasteiger charge is 2.00. The lowest BCUT2D eigenvalue weighted by Gasteiger charge is -2.04. The summed E-state index contributed by atoms with van der Waals surface area (Å²) in [6.07, 6.45) is 11.4. The van der Waals surface area contributed by atoms with Crippen LogP contribution in [0.5, 0.6) is 0 Å². The third-order valence-corrected chi connectivity index (χ3v) is 3.81. The lowest BCUT2D eigenvalue weighted by molar-refractivity contribution is -0.118. The Balaban J connectivity index is 1.48. The zero-order valence-corrected chi connectivity index (χ0v) is 14.9. The molecule has 2 rings (SSSR count). The van der Waals surface area contributed by atoms with Crippen molar-refractivity contribution in [3.63, 3.8) is 0 Å². The van der Waals surface area contributed by atoms with Gasteiger partial charge in [0.2, 0.25) is 0 Å². The summed E-state index contributed by atoms with van der Waals surface area (Å²) >= 11 is 0. The van der Waals surface area contributed by atoms with Crippen LogP contribution in [-0.4, -0.2) is 22.4 Å². The molecule has 4 heteroatoms. The van der Waals surface area contributed by atoms with Crippen LogP contribution in [0.3, 0.4) is 0 Å². The molecule has 1 aromatic carbocycles. The van der Waals surface area contributed by atoms with E-state index in [0.717, 1.165) is 37.3 Å². The number of carbonyl (C=O) groups is 1. The van der Waals surface area contributed by atoms with Crippen molar-refractivity contribution in [3.05, 3.63) is 65.8 Å². The first kappa shape index (κ1) is 19.0. The highest BCUT2D eigenvalue weighted by molar-refractivity contribution is 5.80. The number of unbranched alkanes of at least 4 members (excludes halogenated alkanes) is 2. The topological polar surface area (TPSA) is 52.1 Å². The van der Waals surface area contributed by atoms with Crippen LogP contribution in [0.2, 0.25) is 0 Å². The highest BCUT2D eigenvalue weighted by Crippen LogP contribution is 2.06. The van der Waals surface area contributed by atoms with E-state index in [9.17, 15) is 4.79 Å². The van der Waals surface area contributed by atoms with Gasteiger partial charge >= 0.3 is 0 Å². The summed E-state index contributed by atoms with van der Waals surface area (Å²) in [5.41, 5.74) is 2.12. The number of hydrogen-bond donors (Lipinski definition) is 0. The minimum atomic E-state index is 0.273. The molecule has 25 heavy (non-hydrogen) atoms. The second-order valence-corrected chi connectivity index (χ2v) is 6.06. The largest absolute Gasteiger partial charge is 0.377 e. The van der Waals surface area contributed by atoms with Crippen molar-refractivity contribution in [3.8, 4) is 0 Å². The van der Waals surface area contributed by atoms with Gasteiger partial charge in [0.1, 0.15) is 11.6 Å². The molecule has 0 saturated carbocycles. The molecule has 1 aromatic heterocycles. The molecule has 0 radical (unpaired) electrons. The summed E-state index contributed by atoms with van der Waals surface area (Å²) < 4.78 is 5.64. The molecular formula is C21H26N2O2. The summed E-state index contributed by atoms with van der Waals surface area (Å²) in [5, 5.41) is 0. The fraction of sp³-hybridized carbons (Fsp3) is 0.381. The number of carbonyl (C=O) groups excluding carboxylic acids is 1. The van der Waals surface area contributed by atoms with Crippen molar-refractivity contribution in [2.45, 2.75) is 45.6 Å². The van der Waals surface area contributed by atoms with Gasteiger partial charge in [-0.05, 0) is 25.3 Å². The summed E-state index contributed by atoms with van der Waals surface area (Å²) in [7, 11) is 0. The van der Waals surface area contributed by atoms with Gasteiger partial charge in [-0.1, -0.05) is 48.9 Å². The number of Topliss-reactive ketones (excluding diaryl/α,β-unsaturated/α-hetero) is 1. The van der Waals surface area contributed by atoms with Crippen LogP contribution in [0.15, 0.2) is 48.8 Å². The normalized spacial score (nSPS) is 11.1. The Bertz CT molecular complexity index is 651. The van der Waals surface area contributed by atoms with Crippen molar-refractivity contribution in [1.82, 2.24) is 9.97 Å². The van der Waals surface area contributed by atoms with Gasteiger partial charge in [-0.25, -0.2) is 9.97 Å². The smallest absolute Gasteiger partial charge is 0.136 e. The standard InChI is InChI=1S/C21H26N2O2/c1-18-22-15-20(16-23-18)11-8-13-21(24)12-6-3-7-14-25-17-19-9-4-2-5-10-19/h2,4-5,8-11,15-16H,3,6-7,12-14,17H2,1H3/b11-8+. The zero-order chi connectivity index (χ0) is 17.7. The van der Waals surface area contributed by atoms with Gasteiger partial charge in [-0.15, -0.1) is 0 Å². The van der Waals surface area contributed by atoms with Crippen LogP contribution in [0, 0.1) is 6.92 Å². The minimum absolute atomic E-state index is 0.273. The fourth-order valence-corrected chi connectivity index (χ4v) is 2.38. The van der Waals surface area contributed by atoms with Crippen LogP contribution in [0.25, 0.3) is 6.08 Å². The first-order valence-corrected chi connectivity index (χ1v) is 8.82. The summed E-state index contributed by atoms with van der Waals surface area (Å²) in [4.78, 5) is 20.1. The Hall–Kier alpha value is -2.33. The number of hydrogen-bond acceptors (Lipinski definition) is 4. The molecular weight excluding hydrogens is 312 g/mol. The molecule has 0 amide bonds. The number of benzene rings is 1. The highest BCUT2D eigenvalue weighted by atomic mass is 16.5. The molecule has 0 aliphatic rings. The second kappa shape index (κ2) is 11.3. The van der Waals surface area contributed by atoms with Gasteiger partial charge in [0.25, 0.3) is 0 Å². The lowest BCUT2D eigenvalue weighted by Crippen LogP contribution is -1.98. The molecule has 0 spiro atoms. The molecule has 0 unspecified atom stereocenters. The average Bonchev–Trinajstić information content (AvgIpc) is 2.63. The Kier molecular flexibility index (Phi) is 8.56. The van der Waals surface area contributed by atoms with Gasteiger partial charge < -0.3 is 4.74 Å². The molecule has 0 N–H and O–H groups in total. The molecule has 0 aliphatic heterocycles. The first-order valence-electron chi connectivity index (χ1n) is 8.82. The van der Waals surface area contributed by atoms with E-state index in [1.807, 2.05) is 37.3 Å². The number of nitrogens with zero attached hydrogens (tertiary/aromatic N) is 2.